The van der Waals surface area contributed by atoms with Gasteiger partial charge in [0.2, 0.25) is 0 Å². The Kier molecular flexibility index (Phi) is 5.40. The molecule has 2 aromatic rings. The van der Waals surface area contributed by atoms with Crippen LogP contribution < -0.4 is 16.0 Å². The zero-order valence-electron chi connectivity index (χ0n) is 14.2. The van der Waals surface area contributed by atoms with Crippen LogP contribution in [0.4, 0.5) is 11.4 Å². The Bertz CT molecular complexity index is 713. The van der Waals surface area contributed by atoms with Gasteiger partial charge >= 0.3 is 0 Å². The summed E-state index contributed by atoms with van der Waals surface area (Å²) in [7, 11) is 0. The van der Waals surface area contributed by atoms with E-state index in [9.17, 15) is 9.90 Å². The molecule has 1 aliphatic heterocycles. The molecule has 1 aliphatic rings. The fraction of sp³-hybridized carbons (Fsp3) is 0.316. The van der Waals surface area contributed by atoms with Crippen LogP contribution in [0.3, 0.4) is 0 Å². The minimum atomic E-state index is -0.501. The number of carbonyl (C=O) groups excluding carboxylic acids is 1. The van der Waals surface area contributed by atoms with Crippen LogP contribution in [0.5, 0.6) is 5.75 Å². The number of hydrogen-bond donors (Lipinski definition) is 3. The molecule has 25 heavy (non-hydrogen) atoms. The summed E-state index contributed by atoms with van der Waals surface area (Å²) in [5.41, 5.74) is 7.62. The Balaban J connectivity index is 1.48. The molecule has 0 bridgehead atoms. The highest BCUT2D eigenvalue weighted by molar-refractivity contribution is 5.98. The molecule has 0 spiro atoms. The third-order valence-corrected chi connectivity index (χ3v) is 4.51. The molecule has 132 valence electrons. The van der Waals surface area contributed by atoms with Crippen molar-refractivity contribution in [2.24, 2.45) is 5.73 Å². The Morgan fingerprint density at radius 3 is 2.48 bits per heavy atom. The molecule has 3 rings (SSSR count). The van der Waals surface area contributed by atoms with E-state index in [1.54, 1.807) is 6.07 Å². The summed E-state index contributed by atoms with van der Waals surface area (Å²) < 4.78 is 0. The van der Waals surface area contributed by atoms with Gasteiger partial charge in [-0.05, 0) is 24.3 Å². The van der Waals surface area contributed by atoms with Crippen molar-refractivity contribution in [3.63, 3.8) is 0 Å². The van der Waals surface area contributed by atoms with E-state index in [0.29, 0.717) is 17.8 Å². The molecule has 0 radical (unpaired) electrons. The fourth-order valence-electron chi connectivity index (χ4n) is 3.11. The number of nitrogens with zero attached hydrogens (tertiary/aromatic N) is 2. The van der Waals surface area contributed by atoms with Gasteiger partial charge in [0.05, 0.1) is 11.3 Å². The lowest BCUT2D eigenvalue weighted by Crippen LogP contribution is -2.47. The number of amides is 1. The van der Waals surface area contributed by atoms with E-state index in [0.717, 1.165) is 32.7 Å². The summed E-state index contributed by atoms with van der Waals surface area (Å²) in [6, 6.07) is 15.0. The molecule has 1 amide bonds. The molecule has 0 saturated carbocycles. The number of primary amides is 1. The van der Waals surface area contributed by atoms with Gasteiger partial charge in [-0.1, -0.05) is 18.2 Å². The molecule has 4 N–H and O–H groups in total. The van der Waals surface area contributed by atoms with Gasteiger partial charge in [-0.25, -0.2) is 0 Å². The van der Waals surface area contributed by atoms with Gasteiger partial charge in [-0.15, -0.1) is 0 Å². The van der Waals surface area contributed by atoms with Crippen LogP contribution in [0.2, 0.25) is 0 Å². The number of aromatic hydroxyl groups is 1. The lowest BCUT2D eigenvalue weighted by Gasteiger charge is -2.36. The summed E-state index contributed by atoms with van der Waals surface area (Å²) in [6.07, 6.45) is 0. The van der Waals surface area contributed by atoms with Crippen LogP contribution in [0.25, 0.3) is 0 Å². The zero-order valence-corrected chi connectivity index (χ0v) is 14.2. The highest BCUT2D eigenvalue weighted by Crippen LogP contribution is 2.21. The van der Waals surface area contributed by atoms with E-state index in [1.807, 2.05) is 6.07 Å². The molecule has 1 saturated heterocycles. The quantitative estimate of drug-likeness (QED) is 0.746. The molecule has 0 aliphatic carbocycles. The predicted molar refractivity (Wildman–Crippen MR) is 100 cm³/mol. The number of phenolic OH excluding ortho intramolecular Hbond substituents is 1. The lowest BCUT2D eigenvalue weighted by molar-refractivity contribution is 0.100. The van der Waals surface area contributed by atoms with Crippen molar-refractivity contribution < 1.29 is 9.90 Å². The minimum Gasteiger partial charge on any atom is -0.508 e. The van der Waals surface area contributed by atoms with Crippen molar-refractivity contribution in [1.29, 1.82) is 0 Å². The standard InChI is InChI=1S/C19H24N4O2/c20-19(25)17-7-6-16(24)14-18(17)21-8-9-22-10-12-23(13-11-22)15-4-2-1-3-5-15/h1-7,14,21,24H,8-13H2,(H2,20,25). The largest absolute Gasteiger partial charge is 0.508 e. The van der Waals surface area contributed by atoms with Crippen LogP contribution in [0, 0.1) is 0 Å². The summed E-state index contributed by atoms with van der Waals surface area (Å²) in [6.45, 7) is 5.56. The Morgan fingerprint density at radius 2 is 1.80 bits per heavy atom. The molecule has 0 unspecified atom stereocenters. The van der Waals surface area contributed by atoms with E-state index in [-0.39, 0.29) is 5.75 Å². The first-order valence-corrected chi connectivity index (χ1v) is 8.52. The monoisotopic (exact) mass is 340 g/mol. The van der Waals surface area contributed by atoms with Crippen molar-refractivity contribution in [1.82, 2.24) is 4.90 Å². The first-order valence-electron chi connectivity index (χ1n) is 8.52. The van der Waals surface area contributed by atoms with Gasteiger partial charge in [-0.2, -0.15) is 0 Å². The Labute approximate surface area is 147 Å². The zero-order chi connectivity index (χ0) is 17.6. The summed E-state index contributed by atoms with van der Waals surface area (Å²) in [5, 5.41) is 12.8. The maximum absolute atomic E-state index is 11.5. The number of anilines is 2. The highest BCUT2D eigenvalue weighted by Gasteiger charge is 2.17. The van der Waals surface area contributed by atoms with Gasteiger partial charge in [-0.3, -0.25) is 9.69 Å². The van der Waals surface area contributed by atoms with E-state index >= 15 is 0 Å². The summed E-state index contributed by atoms with van der Waals surface area (Å²) in [4.78, 5) is 16.2. The number of carbonyl (C=O) groups is 1. The lowest BCUT2D eigenvalue weighted by atomic mass is 10.1. The number of phenols is 1. The smallest absolute Gasteiger partial charge is 0.250 e. The molecular formula is C19H24N4O2. The normalized spacial score (nSPS) is 15.1. The van der Waals surface area contributed by atoms with Gasteiger partial charge in [0.1, 0.15) is 5.75 Å². The Hall–Kier alpha value is -2.73. The van der Waals surface area contributed by atoms with Crippen molar-refractivity contribution in [2.45, 2.75) is 0 Å². The van der Waals surface area contributed by atoms with Crippen LogP contribution in [0.1, 0.15) is 10.4 Å². The van der Waals surface area contributed by atoms with E-state index in [2.05, 4.69) is 39.4 Å². The van der Waals surface area contributed by atoms with Gasteiger partial charge in [0, 0.05) is 51.0 Å². The minimum absolute atomic E-state index is 0.115. The first kappa shape index (κ1) is 17.1. The molecular weight excluding hydrogens is 316 g/mol. The van der Waals surface area contributed by atoms with Gasteiger partial charge in [0.25, 0.3) is 5.91 Å². The molecule has 1 heterocycles. The van der Waals surface area contributed by atoms with Gasteiger partial charge < -0.3 is 21.1 Å². The second-order valence-corrected chi connectivity index (χ2v) is 6.19. The molecule has 6 heteroatoms. The number of hydrogen-bond acceptors (Lipinski definition) is 5. The number of rotatable bonds is 6. The number of nitrogens with one attached hydrogen (secondary N) is 1. The maximum Gasteiger partial charge on any atom is 0.250 e. The molecule has 0 atom stereocenters. The SMILES string of the molecule is NC(=O)c1ccc(O)cc1NCCN1CCN(c2ccccc2)CC1. The summed E-state index contributed by atoms with van der Waals surface area (Å²) >= 11 is 0. The van der Waals surface area contributed by atoms with Crippen molar-refractivity contribution in [3.8, 4) is 5.75 Å². The van der Waals surface area contributed by atoms with E-state index in [1.165, 1.54) is 17.8 Å². The fourth-order valence-corrected chi connectivity index (χ4v) is 3.11. The molecule has 1 fully saturated rings. The van der Waals surface area contributed by atoms with Crippen LogP contribution in [-0.4, -0.2) is 55.2 Å². The summed E-state index contributed by atoms with van der Waals surface area (Å²) in [5.74, 6) is -0.386. The van der Waals surface area contributed by atoms with Crippen molar-refractivity contribution >= 4 is 17.3 Å². The molecule has 6 nitrogen and oxygen atoms in total. The predicted octanol–water partition coefficient (Wildman–Crippen LogP) is 1.73. The molecule has 2 aromatic carbocycles. The van der Waals surface area contributed by atoms with Crippen LogP contribution in [-0.2, 0) is 0 Å². The highest BCUT2D eigenvalue weighted by atomic mass is 16.3. The number of piperazine rings is 1. The maximum atomic E-state index is 11.5. The first-order chi connectivity index (χ1) is 12.1. The van der Waals surface area contributed by atoms with Crippen LogP contribution >= 0.6 is 0 Å². The molecule has 0 aromatic heterocycles. The average molecular weight is 340 g/mol. The van der Waals surface area contributed by atoms with Crippen molar-refractivity contribution in [3.05, 3.63) is 54.1 Å². The number of nitrogens with two attached hydrogens (primary N) is 1. The third kappa shape index (κ3) is 4.42. The Morgan fingerprint density at radius 1 is 1.08 bits per heavy atom. The van der Waals surface area contributed by atoms with Crippen LogP contribution in [0.15, 0.2) is 48.5 Å². The second-order valence-electron chi connectivity index (χ2n) is 6.19. The topological polar surface area (TPSA) is 81.8 Å². The van der Waals surface area contributed by atoms with Gasteiger partial charge in [0.15, 0.2) is 0 Å². The second kappa shape index (κ2) is 7.90. The van der Waals surface area contributed by atoms with E-state index in [4.69, 9.17) is 5.73 Å². The van der Waals surface area contributed by atoms with E-state index < -0.39 is 5.91 Å². The average Bonchev–Trinajstić information content (AvgIpc) is 2.63. The van der Waals surface area contributed by atoms with Crippen molar-refractivity contribution in [2.75, 3.05) is 49.5 Å². The number of benzene rings is 2. The third-order valence-electron chi connectivity index (χ3n) is 4.51. The number of para-hydroxylation sites is 1.